The van der Waals surface area contributed by atoms with E-state index in [9.17, 15) is 0 Å². The zero-order valence-electron chi connectivity index (χ0n) is 10.4. The summed E-state index contributed by atoms with van der Waals surface area (Å²) in [7, 11) is 0. The molecule has 0 amide bonds. The van der Waals surface area contributed by atoms with E-state index in [4.69, 9.17) is 16.3 Å². The van der Waals surface area contributed by atoms with Crippen LogP contribution in [-0.4, -0.2) is 14.6 Å². The lowest BCUT2D eigenvalue weighted by atomic mass is 10.2. The summed E-state index contributed by atoms with van der Waals surface area (Å²) >= 11 is 5.97. The minimum absolute atomic E-state index is 0.354. The molecule has 5 heteroatoms. The maximum atomic E-state index is 5.97. The van der Waals surface area contributed by atoms with Crippen LogP contribution < -0.4 is 4.74 Å². The molecule has 0 aliphatic rings. The lowest BCUT2D eigenvalue weighted by Crippen LogP contribution is -2.02. The molecule has 0 aliphatic carbocycles. The molecule has 0 radical (unpaired) electrons. The number of ether oxygens (including phenoxy) is 1. The standard InChI is InChI=1S/C14H12ClN3O/c1-10-4-2-3-5-12(10)19-9-14-17-16-13-7-6-11(15)8-18(13)14/h2-8H,9H2,1H3. The smallest absolute Gasteiger partial charge is 0.175 e. The Labute approximate surface area is 115 Å². The molecule has 0 atom stereocenters. The van der Waals surface area contributed by atoms with E-state index >= 15 is 0 Å². The highest BCUT2D eigenvalue weighted by Crippen LogP contribution is 2.18. The molecule has 0 N–H and O–H groups in total. The third-order valence-corrected chi connectivity index (χ3v) is 3.11. The molecule has 0 fully saturated rings. The first-order valence-electron chi connectivity index (χ1n) is 5.91. The van der Waals surface area contributed by atoms with Crippen LogP contribution in [0, 0.1) is 6.92 Å². The molecule has 3 aromatic rings. The fourth-order valence-corrected chi connectivity index (χ4v) is 2.03. The Morgan fingerprint density at radius 1 is 1.16 bits per heavy atom. The first-order valence-corrected chi connectivity index (χ1v) is 6.29. The van der Waals surface area contributed by atoms with Crippen LogP contribution in [0.3, 0.4) is 0 Å². The number of para-hydroxylation sites is 1. The van der Waals surface area contributed by atoms with Gasteiger partial charge in [-0.2, -0.15) is 0 Å². The summed E-state index contributed by atoms with van der Waals surface area (Å²) in [6.07, 6.45) is 1.79. The first kappa shape index (κ1) is 12.0. The van der Waals surface area contributed by atoms with Crippen LogP contribution in [0.1, 0.15) is 11.4 Å². The monoisotopic (exact) mass is 273 g/mol. The van der Waals surface area contributed by atoms with Crippen LogP contribution in [0.25, 0.3) is 5.65 Å². The number of aryl methyl sites for hydroxylation is 1. The van der Waals surface area contributed by atoms with Gasteiger partial charge >= 0.3 is 0 Å². The SMILES string of the molecule is Cc1ccccc1OCc1nnc2ccc(Cl)cn12. The zero-order chi connectivity index (χ0) is 13.2. The number of rotatable bonds is 3. The lowest BCUT2D eigenvalue weighted by Gasteiger charge is -2.07. The van der Waals surface area contributed by atoms with Crippen LogP contribution in [0.5, 0.6) is 5.75 Å². The van der Waals surface area contributed by atoms with Crippen molar-refractivity contribution in [3.05, 3.63) is 59.0 Å². The summed E-state index contributed by atoms with van der Waals surface area (Å²) in [4.78, 5) is 0. The van der Waals surface area contributed by atoms with Gasteiger partial charge in [-0.05, 0) is 30.7 Å². The molecule has 0 unspecified atom stereocenters. The number of aromatic nitrogens is 3. The summed E-state index contributed by atoms with van der Waals surface area (Å²) in [5.41, 5.74) is 1.85. The Kier molecular flexibility index (Phi) is 3.09. The maximum absolute atomic E-state index is 5.97. The summed E-state index contributed by atoms with van der Waals surface area (Å²) in [5.74, 6) is 1.57. The van der Waals surface area contributed by atoms with Crippen molar-refractivity contribution in [2.75, 3.05) is 0 Å². The van der Waals surface area contributed by atoms with Gasteiger partial charge in [-0.25, -0.2) is 0 Å². The predicted octanol–water partition coefficient (Wildman–Crippen LogP) is 3.27. The van der Waals surface area contributed by atoms with Gasteiger partial charge in [0.2, 0.25) is 0 Å². The highest BCUT2D eigenvalue weighted by atomic mass is 35.5. The highest BCUT2D eigenvalue weighted by molar-refractivity contribution is 6.30. The Hall–Kier alpha value is -2.07. The van der Waals surface area contributed by atoms with Gasteiger partial charge in [-0.1, -0.05) is 29.8 Å². The lowest BCUT2D eigenvalue weighted by molar-refractivity contribution is 0.292. The van der Waals surface area contributed by atoms with Crippen LogP contribution >= 0.6 is 11.6 Å². The minimum Gasteiger partial charge on any atom is -0.485 e. The minimum atomic E-state index is 0.354. The number of hydrogen-bond acceptors (Lipinski definition) is 3. The average Bonchev–Trinajstić information content (AvgIpc) is 2.80. The fraction of sp³-hybridized carbons (Fsp3) is 0.143. The molecule has 4 nitrogen and oxygen atoms in total. The Balaban J connectivity index is 1.86. The van der Waals surface area contributed by atoms with Crippen LogP contribution in [0.4, 0.5) is 0 Å². The van der Waals surface area contributed by atoms with E-state index in [1.807, 2.05) is 41.7 Å². The quantitative estimate of drug-likeness (QED) is 0.735. The summed E-state index contributed by atoms with van der Waals surface area (Å²) < 4.78 is 7.60. The molecule has 96 valence electrons. The molecule has 2 aromatic heterocycles. The molecular formula is C14H12ClN3O. The molecule has 0 spiro atoms. The van der Waals surface area contributed by atoms with Crippen molar-refractivity contribution in [3.8, 4) is 5.75 Å². The van der Waals surface area contributed by atoms with Gasteiger partial charge in [-0.3, -0.25) is 4.40 Å². The number of fused-ring (bicyclic) bond motifs is 1. The molecule has 0 saturated heterocycles. The Bertz CT molecular complexity index is 724. The van der Waals surface area contributed by atoms with Crippen molar-refractivity contribution in [2.24, 2.45) is 0 Å². The molecule has 0 aliphatic heterocycles. The summed E-state index contributed by atoms with van der Waals surface area (Å²) in [5, 5.41) is 8.82. The third-order valence-electron chi connectivity index (χ3n) is 2.89. The summed E-state index contributed by atoms with van der Waals surface area (Å²) in [6.45, 7) is 2.36. The van der Waals surface area contributed by atoms with Crippen molar-refractivity contribution in [3.63, 3.8) is 0 Å². The van der Waals surface area contributed by atoms with Crippen molar-refractivity contribution < 1.29 is 4.74 Å². The number of nitrogens with zero attached hydrogens (tertiary/aromatic N) is 3. The molecule has 0 saturated carbocycles. The van der Waals surface area contributed by atoms with Gasteiger partial charge in [0.1, 0.15) is 12.4 Å². The van der Waals surface area contributed by atoms with Gasteiger partial charge in [0, 0.05) is 6.20 Å². The predicted molar refractivity (Wildman–Crippen MR) is 73.5 cm³/mol. The van der Waals surface area contributed by atoms with Gasteiger partial charge in [0.25, 0.3) is 0 Å². The molecule has 1 aromatic carbocycles. The number of halogens is 1. The number of benzene rings is 1. The Morgan fingerprint density at radius 3 is 2.84 bits per heavy atom. The van der Waals surface area contributed by atoms with Crippen molar-refractivity contribution in [1.29, 1.82) is 0 Å². The van der Waals surface area contributed by atoms with E-state index in [0.717, 1.165) is 22.8 Å². The third kappa shape index (κ3) is 2.39. The van der Waals surface area contributed by atoms with Gasteiger partial charge in [0.15, 0.2) is 11.5 Å². The molecule has 3 rings (SSSR count). The van der Waals surface area contributed by atoms with Gasteiger partial charge < -0.3 is 4.74 Å². The van der Waals surface area contributed by atoms with E-state index in [1.165, 1.54) is 0 Å². The fourth-order valence-electron chi connectivity index (χ4n) is 1.87. The van der Waals surface area contributed by atoms with E-state index in [1.54, 1.807) is 12.3 Å². The average molecular weight is 274 g/mol. The van der Waals surface area contributed by atoms with Crippen molar-refractivity contribution in [1.82, 2.24) is 14.6 Å². The van der Waals surface area contributed by atoms with E-state index in [0.29, 0.717) is 11.6 Å². The van der Waals surface area contributed by atoms with Crippen LogP contribution in [-0.2, 0) is 6.61 Å². The van der Waals surface area contributed by atoms with E-state index < -0.39 is 0 Å². The maximum Gasteiger partial charge on any atom is 0.175 e. The zero-order valence-corrected chi connectivity index (χ0v) is 11.1. The molecule has 2 heterocycles. The van der Waals surface area contributed by atoms with Crippen molar-refractivity contribution >= 4 is 17.2 Å². The molecule has 19 heavy (non-hydrogen) atoms. The van der Waals surface area contributed by atoms with E-state index in [2.05, 4.69) is 10.2 Å². The second-order valence-corrected chi connectivity index (χ2v) is 4.68. The van der Waals surface area contributed by atoms with Crippen molar-refractivity contribution in [2.45, 2.75) is 13.5 Å². The molecule has 0 bridgehead atoms. The normalized spacial score (nSPS) is 10.8. The number of hydrogen-bond donors (Lipinski definition) is 0. The second-order valence-electron chi connectivity index (χ2n) is 4.25. The van der Waals surface area contributed by atoms with E-state index in [-0.39, 0.29) is 0 Å². The second kappa shape index (κ2) is 4.90. The largest absolute Gasteiger partial charge is 0.485 e. The first-order chi connectivity index (χ1) is 9.24. The highest BCUT2D eigenvalue weighted by Gasteiger charge is 2.07. The Morgan fingerprint density at radius 2 is 2.00 bits per heavy atom. The van der Waals surface area contributed by atoms with Gasteiger partial charge in [0.05, 0.1) is 5.02 Å². The topological polar surface area (TPSA) is 39.4 Å². The van der Waals surface area contributed by atoms with Crippen LogP contribution in [0.2, 0.25) is 5.02 Å². The van der Waals surface area contributed by atoms with Gasteiger partial charge in [-0.15, -0.1) is 10.2 Å². The van der Waals surface area contributed by atoms with Crippen LogP contribution in [0.15, 0.2) is 42.6 Å². The summed E-state index contributed by atoms with van der Waals surface area (Å²) in [6, 6.07) is 11.5. The number of pyridine rings is 1. The molecular weight excluding hydrogens is 262 g/mol.